The summed E-state index contributed by atoms with van der Waals surface area (Å²) >= 11 is 0. The number of amides is 4. The molecule has 0 bridgehead atoms. The summed E-state index contributed by atoms with van der Waals surface area (Å²) in [6.45, 7) is 2.52. The number of pyridine rings is 4. The van der Waals surface area contributed by atoms with E-state index in [1.807, 2.05) is 0 Å². The average Bonchev–Trinajstić information content (AvgIpc) is 3.17. The van der Waals surface area contributed by atoms with Gasteiger partial charge >= 0.3 is 12.4 Å². The summed E-state index contributed by atoms with van der Waals surface area (Å²) in [5, 5.41) is 10.6. The molecule has 0 unspecified atom stereocenters. The van der Waals surface area contributed by atoms with Crippen molar-refractivity contribution in [3.05, 3.63) is 89.0 Å². The standard InChI is InChI=1S/C19H21F3N4O4.C17H17F3N4O3/c1-4-15(27)25-14-8-12(7-11(2)24-14)9-23-17(28)13-5-6-16(26-18(13)29-3)30-10-19(20,21)22;1-2-15(25)24-14-7-11(5-6-21-14)8-23-16(26)13-4-3-12(9-22-13)27-10-17(18,19)20/h5-8H,4,9-10H2,1-3H3,(H,23,28)(H,24,25,27);3-7,9H,2,8,10H2,1H3,(H,23,26)(H,21,24,25). The molecule has 4 aromatic heterocycles. The molecule has 0 fully saturated rings. The van der Waals surface area contributed by atoms with Crippen LogP contribution in [0.25, 0.3) is 0 Å². The maximum Gasteiger partial charge on any atom is 0.422 e. The zero-order valence-corrected chi connectivity index (χ0v) is 30.9. The Balaban J connectivity index is 0.000000307. The Kier molecular flexibility index (Phi) is 16.5. The number of methoxy groups -OCH3 is 1. The van der Waals surface area contributed by atoms with E-state index in [4.69, 9.17) is 4.74 Å². The van der Waals surface area contributed by atoms with Gasteiger partial charge in [-0.1, -0.05) is 13.8 Å². The van der Waals surface area contributed by atoms with Gasteiger partial charge in [0.1, 0.15) is 28.6 Å². The number of aryl methyl sites for hydroxylation is 1. The molecule has 57 heavy (non-hydrogen) atoms. The fourth-order valence-corrected chi connectivity index (χ4v) is 4.32. The quantitative estimate of drug-likeness (QED) is 0.108. The topological polar surface area (TPSA) is 196 Å². The second-order valence-electron chi connectivity index (χ2n) is 11.6. The van der Waals surface area contributed by atoms with E-state index in [9.17, 15) is 45.5 Å². The number of halogens is 6. The molecular weight excluding hydrogens is 770 g/mol. The fraction of sp³-hybridized carbons (Fsp3) is 0.333. The highest BCUT2D eigenvalue weighted by Gasteiger charge is 2.29. The molecule has 0 aliphatic carbocycles. The lowest BCUT2D eigenvalue weighted by atomic mass is 10.2. The number of nitrogens with one attached hydrogen (secondary N) is 4. The highest BCUT2D eigenvalue weighted by Crippen LogP contribution is 2.23. The van der Waals surface area contributed by atoms with Crippen LogP contribution >= 0.6 is 0 Å². The minimum atomic E-state index is -4.51. The van der Waals surface area contributed by atoms with Crippen molar-refractivity contribution in [3.8, 4) is 17.5 Å². The predicted octanol–water partition coefficient (Wildman–Crippen LogP) is 5.71. The normalized spacial score (nSPS) is 11.0. The van der Waals surface area contributed by atoms with Crippen LogP contribution in [0.3, 0.4) is 0 Å². The van der Waals surface area contributed by atoms with Crippen LogP contribution in [-0.4, -0.2) is 76.2 Å². The average molecular weight is 809 g/mol. The predicted molar refractivity (Wildman–Crippen MR) is 192 cm³/mol. The first kappa shape index (κ1) is 44.9. The monoisotopic (exact) mass is 808 g/mol. The Bertz CT molecular complexity index is 2000. The summed E-state index contributed by atoms with van der Waals surface area (Å²) in [6, 6.07) is 11.6. The lowest BCUT2D eigenvalue weighted by Crippen LogP contribution is -2.24. The summed E-state index contributed by atoms with van der Waals surface area (Å²) in [5.41, 5.74) is 2.11. The van der Waals surface area contributed by atoms with Gasteiger partial charge in [0.25, 0.3) is 11.8 Å². The third-order valence-electron chi connectivity index (χ3n) is 6.95. The summed E-state index contributed by atoms with van der Waals surface area (Å²) in [5.74, 6) is -1.25. The summed E-state index contributed by atoms with van der Waals surface area (Å²) in [7, 11) is 1.24. The van der Waals surface area contributed by atoms with Gasteiger partial charge in [-0.3, -0.25) is 19.2 Å². The first-order chi connectivity index (χ1) is 26.9. The number of carbonyl (C=O) groups excluding carboxylic acids is 4. The Labute approximate surface area is 322 Å². The van der Waals surface area contributed by atoms with Crippen LogP contribution in [0.1, 0.15) is 64.4 Å². The van der Waals surface area contributed by atoms with E-state index in [0.717, 1.165) is 12.3 Å². The summed E-state index contributed by atoms with van der Waals surface area (Å²) in [4.78, 5) is 63.2. The minimum Gasteiger partial charge on any atom is -0.483 e. The molecular formula is C36H38F6N8O7. The van der Waals surface area contributed by atoms with E-state index in [0.29, 0.717) is 41.3 Å². The molecule has 15 nitrogen and oxygen atoms in total. The number of hydrogen-bond donors (Lipinski definition) is 4. The van der Waals surface area contributed by atoms with Crippen molar-refractivity contribution in [2.75, 3.05) is 31.0 Å². The number of hydrogen-bond acceptors (Lipinski definition) is 11. The van der Waals surface area contributed by atoms with Gasteiger partial charge < -0.3 is 35.5 Å². The molecule has 0 aliphatic rings. The molecule has 0 radical (unpaired) electrons. The van der Waals surface area contributed by atoms with Gasteiger partial charge in [0, 0.05) is 43.9 Å². The molecule has 0 aliphatic heterocycles. The SMILES string of the molecule is CCC(=O)Nc1cc(CNC(=O)c2ccc(OCC(F)(F)F)cn2)ccn1.CCC(=O)Nc1cc(CNC(=O)c2ccc(OCC(F)(F)F)nc2OC)cc(C)n1. The first-order valence-electron chi connectivity index (χ1n) is 16.9. The van der Waals surface area contributed by atoms with Crippen LogP contribution in [0.5, 0.6) is 17.5 Å². The van der Waals surface area contributed by atoms with Crippen LogP contribution in [0.15, 0.2) is 60.9 Å². The number of rotatable bonds is 15. The van der Waals surface area contributed by atoms with E-state index in [1.54, 1.807) is 45.0 Å². The van der Waals surface area contributed by atoms with Crippen molar-refractivity contribution in [1.29, 1.82) is 0 Å². The molecule has 306 valence electrons. The Morgan fingerprint density at radius 2 is 1.32 bits per heavy atom. The fourth-order valence-electron chi connectivity index (χ4n) is 4.32. The van der Waals surface area contributed by atoms with Gasteiger partial charge in [0.15, 0.2) is 13.2 Å². The van der Waals surface area contributed by atoms with Crippen molar-refractivity contribution in [2.45, 2.75) is 59.1 Å². The first-order valence-corrected chi connectivity index (χ1v) is 16.9. The number of anilines is 2. The van der Waals surface area contributed by atoms with Crippen molar-refractivity contribution in [1.82, 2.24) is 30.6 Å². The van der Waals surface area contributed by atoms with Crippen molar-refractivity contribution in [3.63, 3.8) is 0 Å². The molecule has 21 heteroatoms. The van der Waals surface area contributed by atoms with Gasteiger partial charge in [-0.2, -0.15) is 31.3 Å². The van der Waals surface area contributed by atoms with E-state index in [-0.39, 0.29) is 53.7 Å². The third-order valence-corrected chi connectivity index (χ3v) is 6.95. The van der Waals surface area contributed by atoms with Crippen LogP contribution in [-0.2, 0) is 22.7 Å². The zero-order valence-electron chi connectivity index (χ0n) is 30.9. The zero-order chi connectivity index (χ0) is 42.2. The molecule has 0 saturated carbocycles. The van der Waals surface area contributed by atoms with Gasteiger partial charge in [-0.15, -0.1) is 0 Å². The Hall–Kier alpha value is -6.54. The van der Waals surface area contributed by atoms with Crippen LogP contribution in [0.2, 0.25) is 0 Å². The Morgan fingerprint density at radius 1 is 0.702 bits per heavy atom. The minimum absolute atomic E-state index is 0.0298. The molecule has 0 saturated heterocycles. The number of alkyl halides is 6. The van der Waals surface area contributed by atoms with Crippen LogP contribution in [0, 0.1) is 6.92 Å². The summed E-state index contributed by atoms with van der Waals surface area (Å²) < 4.78 is 87.1. The second kappa shape index (κ2) is 20.9. The molecule has 4 aromatic rings. The van der Waals surface area contributed by atoms with Crippen LogP contribution < -0.4 is 35.5 Å². The molecule has 4 heterocycles. The van der Waals surface area contributed by atoms with E-state index in [2.05, 4.69) is 50.7 Å². The van der Waals surface area contributed by atoms with Gasteiger partial charge in [0.05, 0.1) is 13.3 Å². The molecule has 4 N–H and O–H groups in total. The summed E-state index contributed by atoms with van der Waals surface area (Å²) in [6.07, 6.45) is -5.80. The van der Waals surface area contributed by atoms with Gasteiger partial charge in [-0.25, -0.2) is 15.0 Å². The van der Waals surface area contributed by atoms with E-state index in [1.165, 1.54) is 31.5 Å². The lowest BCUT2D eigenvalue weighted by molar-refractivity contribution is -0.154. The van der Waals surface area contributed by atoms with Crippen molar-refractivity contribution < 1.29 is 59.7 Å². The van der Waals surface area contributed by atoms with Gasteiger partial charge in [0.2, 0.25) is 23.6 Å². The molecule has 0 spiro atoms. The highest BCUT2D eigenvalue weighted by molar-refractivity contribution is 5.96. The van der Waals surface area contributed by atoms with E-state index < -0.39 is 37.4 Å². The number of carbonyl (C=O) groups is 4. The largest absolute Gasteiger partial charge is 0.483 e. The van der Waals surface area contributed by atoms with Crippen molar-refractivity contribution >= 4 is 35.3 Å². The molecule has 4 amide bonds. The van der Waals surface area contributed by atoms with Gasteiger partial charge in [-0.05, 0) is 60.5 Å². The smallest absolute Gasteiger partial charge is 0.422 e. The number of ether oxygens (including phenoxy) is 3. The Morgan fingerprint density at radius 3 is 1.93 bits per heavy atom. The van der Waals surface area contributed by atoms with E-state index >= 15 is 0 Å². The molecule has 0 aromatic carbocycles. The molecule has 4 rings (SSSR count). The number of aromatic nitrogens is 4. The maximum absolute atomic E-state index is 12.5. The lowest BCUT2D eigenvalue weighted by Gasteiger charge is -2.12. The third kappa shape index (κ3) is 16.4. The molecule has 0 atom stereocenters. The number of nitrogens with zero attached hydrogens (tertiary/aromatic N) is 4. The second-order valence-corrected chi connectivity index (χ2v) is 11.6. The maximum atomic E-state index is 12.5. The highest BCUT2D eigenvalue weighted by atomic mass is 19.4. The van der Waals surface area contributed by atoms with Crippen molar-refractivity contribution in [2.24, 2.45) is 0 Å². The van der Waals surface area contributed by atoms with Crippen LogP contribution in [0.4, 0.5) is 38.0 Å².